The van der Waals surface area contributed by atoms with Gasteiger partial charge in [0.15, 0.2) is 11.5 Å². The molecule has 2 rings (SSSR count). The molecule has 108 valence electrons. The van der Waals surface area contributed by atoms with Gasteiger partial charge in [-0.15, -0.1) is 10.2 Å². The quantitative estimate of drug-likeness (QED) is 0.850. The highest BCUT2D eigenvalue weighted by atomic mass is 16.5. The van der Waals surface area contributed by atoms with Gasteiger partial charge in [-0.05, 0) is 12.1 Å². The topological polar surface area (TPSA) is 92.6 Å². The molecule has 0 amide bonds. The smallest absolute Gasteiger partial charge is 0.248 e. The summed E-state index contributed by atoms with van der Waals surface area (Å²) in [6.45, 7) is 0.455. The monoisotopic (exact) mass is 279 g/mol. The molecule has 0 aliphatic rings. The van der Waals surface area contributed by atoms with Gasteiger partial charge in [-0.25, -0.2) is 0 Å². The number of ether oxygens (including phenoxy) is 3. The van der Waals surface area contributed by atoms with Crippen LogP contribution in [0.25, 0.3) is 11.5 Å². The lowest BCUT2D eigenvalue weighted by molar-refractivity contribution is 0.324. The van der Waals surface area contributed by atoms with Crippen molar-refractivity contribution >= 4 is 0 Å². The van der Waals surface area contributed by atoms with E-state index in [9.17, 15) is 0 Å². The molecule has 0 spiro atoms. The molecule has 0 bridgehead atoms. The van der Waals surface area contributed by atoms with E-state index in [2.05, 4.69) is 10.2 Å². The van der Waals surface area contributed by atoms with Crippen LogP contribution in [-0.2, 0) is 6.42 Å². The second-order valence-electron chi connectivity index (χ2n) is 3.95. The molecule has 2 aromatic rings. The maximum atomic E-state index is 5.53. The average Bonchev–Trinajstić information content (AvgIpc) is 2.94. The largest absolute Gasteiger partial charge is 0.493 e. The Labute approximate surface area is 116 Å². The second kappa shape index (κ2) is 6.25. The average molecular weight is 279 g/mol. The van der Waals surface area contributed by atoms with Crippen molar-refractivity contribution in [2.24, 2.45) is 5.73 Å². The van der Waals surface area contributed by atoms with E-state index in [1.165, 1.54) is 0 Å². The molecule has 1 heterocycles. The first kappa shape index (κ1) is 14.1. The second-order valence-corrected chi connectivity index (χ2v) is 3.95. The highest BCUT2D eigenvalue weighted by Gasteiger charge is 2.17. The summed E-state index contributed by atoms with van der Waals surface area (Å²) in [5.74, 6) is 2.45. The molecule has 0 aliphatic heterocycles. The summed E-state index contributed by atoms with van der Waals surface area (Å²) in [5, 5.41) is 7.91. The molecule has 2 N–H and O–H groups in total. The minimum atomic E-state index is 0.382. The summed E-state index contributed by atoms with van der Waals surface area (Å²) in [5.41, 5.74) is 6.14. The third kappa shape index (κ3) is 2.67. The molecule has 0 aliphatic carbocycles. The summed E-state index contributed by atoms with van der Waals surface area (Å²) in [7, 11) is 4.65. The lowest BCUT2D eigenvalue weighted by atomic mass is 10.2. The van der Waals surface area contributed by atoms with E-state index >= 15 is 0 Å². The highest BCUT2D eigenvalue weighted by molar-refractivity contribution is 5.65. The van der Waals surface area contributed by atoms with Gasteiger partial charge in [0.25, 0.3) is 0 Å². The number of methoxy groups -OCH3 is 3. The molecular weight excluding hydrogens is 262 g/mol. The van der Waals surface area contributed by atoms with Crippen LogP contribution in [0.15, 0.2) is 16.5 Å². The molecule has 0 unspecified atom stereocenters. The Morgan fingerprint density at radius 1 is 1.05 bits per heavy atom. The van der Waals surface area contributed by atoms with E-state index in [4.69, 9.17) is 24.4 Å². The van der Waals surface area contributed by atoms with Crippen LogP contribution in [0.1, 0.15) is 5.89 Å². The highest BCUT2D eigenvalue weighted by Crippen LogP contribution is 2.40. The third-order valence-corrected chi connectivity index (χ3v) is 2.74. The molecule has 7 heteroatoms. The maximum Gasteiger partial charge on any atom is 0.248 e. The molecule has 7 nitrogen and oxygen atoms in total. The van der Waals surface area contributed by atoms with Gasteiger partial charge in [0.05, 0.1) is 21.3 Å². The lowest BCUT2D eigenvalue weighted by Crippen LogP contribution is -2.02. The molecule has 0 fully saturated rings. The molecule has 1 aromatic heterocycles. The fourth-order valence-electron chi connectivity index (χ4n) is 1.80. The Balaban J connectivity index is 2.45. The summed E-state index contributed by atoms with van der Waals surface area (Å²) >= 11 is 0. The van der Waals surface area contributed by atoms with E-state index in [0.29, 0.717) is 47.6 Å². The normalized spacial score (nSPS) is 10.4. The van der Waals surface area contributed by atoms with Gasteiger partial charge in [0.2, 0.25) is 17.5 Å². The van der Waals surface area contributed by atoms with Gasteiger partial charge >= 0.3 is 0 Å². The van der Waals surface area contributed by atoms with Crippen molar-refractivity contribution in [1.82, 2.24) is 10.2 Å². The first-order valence-corrected chi connectivity index (χ1v) is 6.06. The van der Waals surface area contributed by atoms with Gasteiger partial charge in [-0.2, -0.15) is 0 Å². The predicted molar refractivity (Wildman–Crippen MR) is 72.1 cm³/mol. The third-order valence-electron chi connectivity index (χ3n) is 2.74. The van der Waals surface area contributed by atoms with Crippen molar-refractivity contribution < 1.29 is 18.6 Å². The number of benzene rings is 1. The van der Waals surface area contributed by atoms with Crippen LogP contribution < -0.4 is 19.9 Å². The number of rotatable bonds is 6. The SMILES string of the molecule is COc1cc(-c2nnc(CCN)o2)cc(OC)c1OC. The van der Waals surface area contributed by atoms with Crippen molar-refractivity contribution in [3.63, 3.8) is 0 Å². The van der Waals surface area contributed by atoms with Gasteiger partial charge in [0.1, 0.15) is 0 Å². The molecule has 0 saturated carbocycles. The summed E-state index contributed by atoms with van der Waals surface area (Å²) in [4.78, 5) is 0. The van der Waals surface area contributed by atoms with E-state index in [0.717, 1.165) is 0 Å². The maximum absolute atomic E-state index is 5.53. The lowest BCUT2D eigenvalue weighted by Gasteiger charge is -2.12. The Kier molecular flexibility index (Phi) is 4.41. The predicted octanol–water partition coefficient (Wildman–Crippen LogP) is 1.26. The van der Waals surface area contributed by atoms with E-state index < -0.39 is 0 Å². The van der Waals surface area contributed by atoms with Crippen LogP contribution in [0.3, 0.4) is 0 Å². The number of nitrogens with zero attached hydrogens (tertiary/aromatic N) is 2. The number of hydrogen-bond donors (Lipinski definition) is 1. The van der Waals surface area contributed by atoms with Crippen molar-refractivity contribution in [3.8, 4) is 28.7 Å². The zero-order valence-corrected chi connectivity index (χ0v) is 11.7. The van der Waals surface area contributed by atoms with Crippen molar-refractivity contribution in [2.75, 3.05) is 27.9 Å². The van der Waals surface area contributed by atoms with E-state index in [-0.39, 0.29) is 0 Å². The molecule has 0 atom stereocenters. The Morgan fingerprint density at radius 3 is 2.20 bits per heavy atom. The molecule has 0 saturated heterocycles. The zero-order valence-electron chi connectivity index (χ0n) is 11.7. The van der Waals surface area contributed by atoms with Gasteiger partial charge in [0, 0.05) is 18.5 Å². The summed E-state index contributed by atoms with van der Waals surface area (Å²) in [6, 6.07) is 3.50. The van der Waals surface area contributed by atoms with Crippen LogP contribution in [-0.4, -0.2) is 38.1 Å². The summed E-state index contributed by atoms with van der Waals surface area (Å²) in [6.07, 6.45) is 0.539. The van der Waals surface area contributed by atoms with Crippen LogP contribution in [0.5, 0.6) is 17.2 Å². The van der Waals surface area contributed by atoms with Gasteiger partial charge < -0.3 is 24.4 Å². The fraction of sp³-hybridized carbons (Fsp3) is 0.385. The van der Waals surface area contributed by atoms with Crippen molar-refractivity contribution in [1.29, 1.82) is 0 Å². The Morgan fingerprint density at radius 2 is 1.70 bits per heavy atom. The molecule has 0 radical (unpaired) electrons. The number of nitrogens with two attached hydrogens (primary N) is 1. The summed E-state index contributed by atoms with van der Waals surface area (Å²) < 4.78 is 21.3. The van der Waals surface area contributed by atoms with Gasteiger partial charge in [-0.1, -0.05) is 0 Å². The van der Waals surface area contributed by atoms with Gasteiger partial charge in [-0.3, -0.25) is 0 Å². The van der Waals surface area contributed by atoms with E-state index in [1.54, 1.807) is 33.5 Å². The zero-order chi connectivity index (χ0) is 14.5. The van der Waals surface area contributed by atoms with Crippen LogP contribution in [0, 0.1) is 0 Å². The molecular formula is C13H17N3O4. The first-order chi connectivity index (χ1) is 9.73. The minimum Gasteiger partial charge on any atom is -0.493 e. The van der Waals surface area contributed by atoms with Crippen molar-refractivity contribution in [2.45, 2.75) is 6.42 Å². The van der Waals surface area contributed by atoms with Crippen LogP contribution in [0.2, 0.25) is 0 Å². The fourth-order valence-corrected chi connectivity index (χ4v) is 1.80. The first-order valence-electron chi connectivity index (χ1n) is 6.06. The standard InChI is InChI=1S/C13H17N3O4/c1-17-9-6-8(7-10(18-2)12(9)19-3)13-16-15-11(20-13)4-5-14/h6-7H,4-5,14H2,1-3H3. The molecule has 1 aromatic carbocycles. The number of hydrogen-bond acceptors (Lipinski definition) is 7. The van der Waals surface area contributed by atoms with Crippen LogP contribution >= 0.6 is 0 Å². The Hall–Kier alpha value is -2.28. The minimum absolute atomic E-state index is 0.382. The molecule has 20 heavy (non-hydrogen) atoms. The van der Waals surface area contributed by atoms with E-state index in [1.807, 2.05) is 0 Å². The van der Waals surface area contributed by atoms with Crippen LogP contribution in [0.4, 0.5) is 0 Å². The Bertz CT molecular complexity index is 558. The van der Waals surface area contributed by atoms with Crippen molar-refractivity contribution in [3.05, 3.63) is 18.0 Å². The number of aromatic nitrogens is 2.